The maximum Gasteiger partial charge on any atom is 0.236 e. The van der Waals surface area contributed by atoms with Gasteiger partial charge in [-0.25, -0.2) is 0 Å². The summed E-state index contributed by atoms with van der Waals surface area (Å²) in [5, 5.41) is 2.01. The number of hydrogen-bond donors (Lipinski definition) is 1. The highest BCUT2D eigenvalue weighted by Crippen LogP contribution is 2.29. The normalized spacial score (nSPS) is 14.9. The van der Waals surface area contributed by atoms with Crippen molar-refractivity contribution in [1.82, 2.24) is 5.32 Å². The summed E-state index contributed by atoms with van der Waals surface area (Å²) in [7, 11) is 0. The van der Waals surface area contributed by atoms with Crippen LogP contribution in [-0.2, 0) is 22.4 Å². The van der Waals surface area contributed by atoms with E-state index in [0.717, 1.165) is 25.0 Å². The number of nitrogens with one attached hydrogen (secondary N) is 1. The van der Waals surface area contributed by atoms with Crippen molar-refractivity contribution in [3.05, 3.63) is 65.2 Å². The molecule has 0 saturated carbocycles. The van der Waals surface area contributed by atoms with Crippen LogP contribution in [0.15, 0.2) is 48.5 Å². The van der Waals surface area contributed by atoms with E-state index in [1.165, 1.54) is 28.5 Å². The van der Waals surface area contributed by atoms with Gasteiger partial charge >= 0.3 is 0 Å². The Hall–Kier alpha value is -2.27. The minimum absolute atomic E-state index is 0.243. The second-order valence-corrected chi connectivity index (χ2v) is 7.06. The van der Waals surface area contributed by atoms with E-state index in [1.807, 2.05) is 5.32 Å². The molecule has 2 amide bonds. The number of rotatable bonds is 5. The SMILES string of the molecule is CSCC(=O)NC=O.Cc1ccc2c(c1)CCC(Cc1ccccc1)O2. The van der Waals surface area contributed by atoms with Crippen molar-refractivity contribution in [2.75, 3.05) is 12.0 Å². The summed E-state index contributed by atoms with van der Waals surface area (Å²) < 4.78 is 6.09. The van der Waals surface area contributed by atoms with Crippen LogP contribution in [0.3, 0.4) is 0 Å². The second-order valence-electron chi connectivity index (χ2n) is 6.20. The van der Waals surface area contributed by atoms with Gasteiger partial charge in [0.05, 0.1) is 5.75 Å². The lowest BCUT2D eigenvalue weighted by Gasteiger charge is -2.26. The number of benzene rings is 2. The van der Waals surface area contributed by atoms with Crippen LogP contribution in [0.25, 0.3) is 0 Å². The molecule has 0 bridgehead atoms. The highest BCUT2D eigenvalue weighted by atomic mass is 32.2. The maximum atomic E-state index is 10.3. The summed E-state index contributed by atoms with van der Waals surface area (Å²) >= 11 is 1.38. The van der Waals surface area contributed by atoms with Gasteiger partial charge in [0.25, 0.3) is 0 Å². The Bertz CT molecular complexity index is 718. The molecule has 0 fully saturated rings. The van der Waals surface area contributed by atoms with Gasteiger partial charge in [-0.15, -0.1) is 0 Å². The largest absolute Gasteiger partial charge is 0.490 e. The molecule has 0 aliphatic carbocycles. The summed E-state index contributed by atoms with van der Waals surface area (Å²) in [6.07, 6.45) is 5.76. The van der Waals surface area contributed by atoms with E-state index in [2.05, 4.69) is 55.5 Å². The van der Waals surface area contributed by atoms with E-state index in [4.69, 9.17) is 4.74 Å². The molecule has 5 heteroatoms. The lowest BCUT2D eigenvalue weighted by molar-refractivity contribution is -0.123. The Morgan fingerprint density at radius 3 is 2.73 bits per heavy atom. The number of amides is 2. The quantitative estimate of drug-likeness (QED) is 0.817. The zero-order valence-corrected chi connectivity index (χ0v) is 16.1. The van der Waals surface area contributed by atoms with Crippen LogP contribution in [0.2, 0.25) is 0 Å². The zero-order chi connectivity index (χ0) is 18.8. The standard InChI is InChI=1S/C17H18O.C4H7NO2S/c1-13-7-10-17-15(11-13)8-9-16(18-17)12-14-5-3-2-4-6-14;1-8-2-4(7)5-3-6/h2-7,10-11,16H,8-9,12H2,1H3;3H,2H2,1H3,(H,5,6,7). The first-order valence-corrected chi connectivity index (χ1v) is 10.0. The molecule has 2 aromatic rings. The first-order valence-electron chi connectivity index (χ1n) is 8.64. The third kappa shape index (κ3) is 6.56. The van der Waals surface area contributed by atoms with Gasteiger partial charge < -0.3 is 4.74 Å². The van der Waals surface area contributed by atoms with E-state index in [1.54, 1.807) is 6.26 Å². The molecule has 1 aliphatic heterocycles. The topological polar surface area (TPSA) is 55.4 Å². The van der Waals surface area contributed by atoms with Gasteiger partial charge in [0.2, 0.25) is 12.3 Å². The average molecular weight is 372 g/mol. The summed E-state index contributed by atoms with van der Waals surface area (Å²) in [5.41, 5.74) is 4.04. The average Bonchev–Trinajstić information content (AvgIpc) is 2.64. The Balaban J connectivity index is 0.000000260. The molecule has 0 aromatic heterocycles. The molecule has 1 N–H and O–H groups in total. The van der Waals surface area contributed by atoms with Crippen LogP contribution in [0.4, 0.5) is 0 Å². The lowest BCUT2D eigenvalue weighted by Crippen LogP contribution is -2.24. The number of fused-ring (bicyclic) bond motifs is 1. The van der Waals surface area contributed by atoms with Gasteiger partial charge in [-0.1, -0.05) is 48.0 Å². The van der Waals surface area contributed by atoms with Crippen LogP contribution in [0.1, 0.15) is 23.1 Å². The van der Waals surface area contributed by atoms with Gasteiger partial charge in [-0.3, -0.25) is 14.9 Å². The molecule has 26 heavy (non-hydrogen) atoms. The van der Waals surface area contributed by atoms with Crippen molar-refractivity contribution < 1.29 is 14.3 Å². The van der Waals surface area contributed by atoms with Crippen molar-refractivity contribution in [2.24, 2.45) is 0 Å². The fraction of sp³-hybridized carbons (Fsp3) is 0.333. The molecule has 138 valence electrons. The van der Waals surface area contributed by atoms with Crippen LogP contribution in [0, 0.1) is 6.92 Å². The Labute approximate surface area is 159 Å². The number of imide groups is 1. The minimum atomic E-state index is -0.243. The number of ether oxygens (including phenoxy) is 1. The predicted molar refractivity (Wildman–Crippen MR) is 107 cm³/mol. The molecule has 1 aliphatic rings. The molecule has 3 rings (SSSR count). The number of carbonyl (C=O) groups excluding carboxylic acids is 2. The summed E-state index contributed by atoms with van der Waals surface area (Å²) in [6.45, 7) is 2.14. The first-order chi connectivity index (χ1) is 12.6. The molecule has 0 spiro atoms. The van der Waals surface area contributed by atoms with E-state index in [-0.39, 0.29) is 5.91 Å². The van der Waals surface area contributed by atoms with Crippen LogP contribution >= 0.6 is 11.8 Å². The molecule has 0 saturated heterocycles. The van der Waals surface area contributed by atoms with Crippen molar-refractivity contribution in [3.63, 3.8) is 0 Å². The summed E-state index contributed by atoms with van der Waals surface area (Å²) in [6, 6.07) is 17.1. The van der Waals surface area contributed by atoms with Crippen LogP contribution in [0.5, 0.6) is 5.75 Å². The number of carbonyl (C=O) groups is 2. The molecule has 0 radical (unpaired) electrons. The van der Waals surface area contributed by atoms with Gasteiger partial charge in [-0.05, 0) is 43.2 Å². The summed E-state index contributed by atoms with van der Waals surface area (Å²) in [4.78, 5) is 19.8. The fourth-order valence-corrected chi connectivity index (χ4v) is 3.18. The molecule has 2 aromatic carbocycles. The summed E-state index contributed by atoms with van der Waals surface area (Å²) in [5.74, 6) is 1.18. The molecule has 1 unspecified atom stereocenters. The van der Waals surface area contributed by atoms with E-state index < -0.39 is 0 Å². The number of aryl methyl sites for hydroxylation is 2. The first kappa shape index (κ1) is 20.0. The van der Waals surface area contributed by atoms with Gasteiger partial charge in [0, 0.05) is 6.42 Å². The van der Waals surface area contributed by atoms with E-state index in [0.29, 0.717) is 18.3 Å². The molecular formula is C21H25NO3S. The minimum Gasteiger partial charge on any atom is -0.490 e. The van der Waals surface area contributed by atoms with Gasteiger partial charge in [0.1, 0.15) is 11.9 Å². The van der Waals surface area contributed by atoms with Crippen molar-refractivity contribution in [1.29, 1.82) is 0 Å². The highest BCUT2D eigenvalue weighted by Gasteiger charge is 2.19. The fourth-order valence-electron chi connectivity index (χ4n) is 2.83. The number of hydrogen-bond acceptors (Lipinski definition) is 4. The Morgan fingerprint density at radius 1 is 1.27 bits per heavy atom. The third-order valence-corrected chi connectivity index (χ3v) is 4.60. The van der Waals surface area contributed by atoms with E-state index >= 15 is 0 Å². The van der Waals surface area contributed by atoms with Gasteiger partial charge in [-0.2, -0.15) is 11.8 Å². The Kier molecular flexibility index (Phi) is 8.22. The molecule has 4 nitrogen and oxygen atoms in total. The maximum absolute atomic E-state index is 10.3. The molecule has 1 heterocycles. The smallest absolute Gasteiger partial charge is 0.236 e. The highest BCUT2D eigenvalue weighted by molar-refractivity contribution is 7.99. The van der Waals surface area contributed by atoms with Crippen molar-refractivity contribution >= 4 is 24.1 Å². The van der Waals surface area contributed by atoms with Crippen molar-refractivity contribution in [3.8, 4) is 5.75 Å². The van der Waals surface area contributed by atoms with Gasteiger partial charge in [0.15, 0.2) is 0 Å². The monoisotopic (exact) mass is 371 g/mol. The van der Waals surface area contributed by atoms with Crippen LogP contribution < -0.4 is 10.1 Å². The number of thioether (sulfide) groups is 1. The van der Waals surface area contributed by atoms with E-state index in [9.17, 15) is 9.59 Å². The van der Waals surface area contributed by atoms with Crippen molar-refractivity contribution in [2.45, 2.75) is 32.3 Å². The molecular weight excluding hydrogens is 346 g/mol. The predicted octanol–water partition coefficient (Wildman–Crippen LogP) is 3.55. The lowest BCUT2D eigenvalue weighted by atomic mass is 9.97. The molecule has 1 atom stereocenters. The second kappa shape index (κ2) is 10.7. The third-order valence-electron chi connectivity index (χ3n) is 4.05. The van der Waals surface area contributed by atoms with Crippen LogP contribution in [-0.4, -0.2) is 30.4 Å². The Morgan fingerprint density at radius 2 is 2.04 bits per heavy atom. The zero-order valence-electron chi connectivity index (χ0n) is 15.2.